The second-order valence-electron chi connectivity index (χ2n) is 17.6. The monoisotopic (exact) mass is 742 g/mol. The maximum Gasteiger partial charge on any atom is 0.256 e. The number of rotatable bonds is 45. The number of hydrogen-bond donors (Lipinski definition) is 0. The lowest BCUT2D eigenvalue weighted by Crippen LogP contribution is -2.37. The first kappa shape index (κ1) is 50.2. The van der Waals surface area contributed by atoms with Crippen LogP contribution in [0.25, 0.3) is 0 Å². The molecule has 2 heteroatoms. The Labute approximate surface area is 336 Å². The molecule has 0 aromatic carbocycles. The predicted molar refractivity (Wildman–Crippen MR) is 239 cm³/mol. The fraction of sp³-hybridized carbons (Fsp3) is 0.941. The molecule has 0 aliphatic heterocycles. The van der Waals surface area contributed by atoms with Gasteiger partial charge in [-0.1, -0.05) is 258 Å². The molecule has 0 amide bonds. The van der Waals surface area contributed by atoms with Crippen molar-refractivity contribution in [2.75, 3.05) is 0 Å². The summed E-state index contributed by atoms with van der Waals surface area (Å²) in [6.07, 6.45) is 66.8. The first-order chi connectivity index (χ1) is 26.3. The standard InChI is InChI=1S/C51H101N2/c1-4-7-10-13-16-19-22-25-27-30-33-36-39-42-45-48-53-50-49-52(47-44-41-38-35-32-29-26-23-20-17-14-11-8-5-2)51(53)46-43-40-37-34-31-28-24-21-18-15-12-9-6-3/h49-50H,4-48H2,1-3H3/q+1. The molecule has 0 saturated carbocycles. The molecular weight excluding hydrogens is 641 g/mol. The average molecular weight is 742 g/mol. The molecule has 1 aromatic heterocycles. The van der Waals surface area contributed by atoms with Crippen LogP contribution in [0.15, 0.2) is 12.4 Å². The SMILES string of the molecule is CCCCCCCCCCCCCCCCC[n+]1ccn(CCCCCCCCCCCCCCCC)c1CCCCCCCCCCCCCCC. The summed E-state index contributed by atoms with van der Waals surface area (Å²) in [6, 6.07) is 0. The normalized spacial score (nSPS) is 11.7. The Morgan fingerprint density at radius 3 is 0.906 bits per heavy atom. The fourth-order valence-corrected chi connectivity index (χ4v) is 8.62. The van der Waals surface area contributed by atoms with Gasteiger partial charge in [-0.3, -0.25) is 0 Å². The van der Waals surface area contributed by atoms with E-state index < -0.39 is 0 Å². The Morgan fingerprint density at radius 1 is 0.321 bits per heavy atom. The van der Waals surface area contributed by atoms with Crippen molar-refractivity contribution >= 4 is 0 Å². The summed E-state index contributed by atoms with van der Waals surface area (Å²) in [4.78, 5) is 0. The van der Waals surface area contributed by atoms with Crippen molar-refractivity contribution in [3.8, 4) is 0 Å². The largest absolute Gasteiger partial charge is 0.256 e. The van der Waals surface area contributed by atoms with Gasteiger partial charge in [0.1, 0.15) is 12.4 Å². The highest BCUT2D eigenvalue weighted by molar-refractivity contribution is 4.84. The van der Waals surface area contributed by atoms with E-state index in [4.69, 9.17) is 0 Å². The zero-order valence-corrected chi connectivity index (χ0v) is 37.4. The van der Waals surface area contributed by atoms with Gasteiger partial charge in [-0.15, -0.1) is 0 Å². The number of nitrogens with zero attached hydrogens (tertiary/aromatic N) is 2. The van der Waals surface area contributed by atoms with Crippen molar-refractivity contribution in [1.29, 1.82) is 0 Å². The molecule has 53 heavy (non-hydrogen) atoms. The minimum absolute atomic E-state index is 1.23. The second kappa shape index (κ2) is 42.4. The van der Waals surface area contributed by atoms with Gasteiger partial charge in [0.25, 0.3) is 5.82 Å². The van der Waals surface area contributed by atoms with E-state index in [-0.39, 0.29) is 0 Å². The van der Waals surface area contributed by atoms with Crippen molar-refractivity contribution in [2.45, 2.75) is 310 Å². The lowest BCUT2D eigenvalue weighted by Gasteiger charge is -2.07. The molecule has 0 spiro atoms. The maximum atomic E-state index is 2.66. The zero-order valence-electron chi connectivity index (χ0n) is 37.4. The zero-order chi connectivity index (χ0) is 38.0. The first-order valence-electron chi connectivity index (χ1n) is 25.4. The third kappa shape index (κ3) is 34.2. The van der Waals surface area contributed by atoms with Gasteiger partial charge in [-0.05, 0) is 32.1 Å². The van der Waals surface area contributed by atoms with E-state index in [2.05, 4.69) is 42.3 Å². The number of aromatic nitrogens is 2. The number of aryl methyl sites for hydroxylation is 2. The lowest BCUT2D eigenvalue weighted by molar-refractivity contribution is -0.704. The summed E-state index contributed by atoms with van der Waals surface area (Å²) in [5.41, 5.74) is 0. The Bertz CT molecular complexity index is 811. The highest BCUT2D eigenvalue weighted by atomic mass is 15.1. The molecule has 0 atom stereocenters. The summed E-state index contributed by atoms with van der Waals surface area (Å²) in [7, 11) is 0. The van der Waals surface area contributed by atoms with Crippen LogP contribution in [0.3, 0.4) is 0 Å². The van der Waals surface area contributed by atoms with E-state index in [0.717, 1.165) is 0 Å². The van der Waals surface area contributed by atoms with Crippen LogP contribution in [0, 0.1) is 0 Å². The van der Waals surface area contributed by atoms with Gasteiger partial charge in [0.15, 0.2) is 0 Å². The summed E-state index contributed by atoms with van der Waals surface area (Å²) < 4.78 is 5.32. The Kier molecular flexibility index (Phi) is 40.1. The van der Waals surface area contributed by atoms with E-state index in [9.17, 15) is 0 Å². The van der Waals surface area contributed by atoms with Gasteiger partial charge in [-0.2, -0.15) is 0 Å². The molecule has 0 aliphatic carbocycles. The van der Waals surface area contributed by atoms with Gasteiger partial charge in [0.2, 0.25) is 0 Å². The molecule has 1 heterocycles. The van der Waals surface area contributed by atoms with Crippen LogP contribution in [0.2, 0.25) is 0 Å². The molecule has 0 unspecified atom stereocenters. The van der Waals surface area contributed by atoms with Gasteiger partial charge < -0.3 is 0 Å². The molecule has 0 bridgehead atoms. The average Bonchev–Trinajstić information content (AvgIpc) is 3.55. The van der Waals surface area contributed by atoms with Gasteiger partial charge >= 0.3 is 0 Å². The molecule has 1 rings (SSSR count). The number of unbranched alkanes of at least 4 members (excludes halogenated alkanes) is 39. The van der Waals surface area contributed by atoms with Gasteiger partial charge in [-0.25, -0.2) is 9.13 Å². The van der Waals surface area contributed by atoms with E-state index in [1.807, 2.05) is 0 Å². The maximum absolute atomic E-state index is 2.66. The fourth-order valence-electron chi connectivity index (χ4n) is 8.62. The highest BCUT2D eigenvalue weighted by Crippen LogP contribution is 2.17. The molecule has 0 radical (unpaired) electrons. The quantitative estimate of drug-likeness (QED) is 0.0465. The summed E-state index contributed by atoms with van der Waals surface area (Å²) >= 11 is 0. The molecule has 0 fully saturated rings. The van der Waals surface area contributed by atoms with Gasteiger partial charge in [0.05, 0.1) is 13.1 Å². The van der Waals surface area contributed by atoms with E-state index in [0.29, 0.717) is 0 Å². The number of imidazole rings is 1. The molecule has 0 aliphatic rings. The molecule has 2 nitrogen and oxygen atoms in total. The summed E-state index contributed by atoms with van der Waals surface area (Å²) in [5.74, 6) is 1.63. The predicted octanol–water partition coefficient (Wildman–Crippen LogP) is 17.8. The van der Waals surface area contributed by atoms with E-state index in [1.54, 1.807) is 5.82 Å². The van der Waals surface area contributed by atoms with E-state index >= 15 is 0 Å². The third-order valence-corrected chi connectivity index (χ3v) is 12.3. The molecule has 0 N–H and O–H groups in total. The van der Waals surface area contributed by atoms with Crippen LogP contribution in [0.4, 0.5) is 0 Å². The van der Waals surface area contributed by atoms with Crippen LogP contribution in [-0.4, -0.2) is 4.57 Å². The minimum Gasteiger partial charge on any atom is -0.234 e. The van der Waals surface area contributed by atoms with Crippen LogP contribution in [-0.2, 0) is 19.5 Å². The Balaban J connectivity index is 2.26. The lowest BCUT2D eigenvalue weighted by atomic mass is 10.0. The molecule has 314 valence electrons. The Hall–Kier alpha value is -0.790. The van der Waals surface area contributed by atoms with Crippen LogP contribution >= 0.6 is 0 Å². The van der Waals surface area contributed by atoms with Crippen molar-refractivity contribution in [1.82, 2.24) is 4.57 Å². The minimum atomic E-state index is 1.23. The van der Waals surface area contributed by atoms with Gasteiger partial charge in [0, 0.05) is 6.42 Å². The van der Waals surface area contributed by atoms with Crippen molar-refractivity contribution in [3.05, 3.63) is 18.2 Å². The third-order valence-electron chi connectivity index (χ3n) is 12.3. The van der Waals surface area contributed by atoms with Crippen molar-refractivity contribution in [3.63, 3.8) is 0 Å². The van der Waals surface area contributed by atoms with Crippen LogP contribution in [0.5, 0.6) is 0 Å². The first-order valence-corrected chi connectivity index (χ1v) is 25.4. The summed E-state index contributed by atoms with van der Waals surface area (Å²) in [6.45, 7) is 9.42. The molecule has 1 aromatic rings. The molecule has 0 saturated heterocycles. The summed E-state index contributed by atoms with van der Waals surface area (Å²) in [5, 5.41) is 0. The Morgan fingerprint density at radius 2 is 0.585 bits per heavy atom. The topological polar surface area (TPSA) is 8.81 Å². The van der Waals surface area contributed by atoms with Crippen molar-refractivity contribution in [2.24, 2.45) is 0 Å². The van der Waals surface area contributed by atoms with Crippen LogP contribution < -0.4 is 4.57 Å². The van der Waals surface area contributed by atoms with E-state index in [1.165, 1.54) is 289 Å². The van der Waals surface area contributed by atoms with Crippen LogP contribution in [0.1, 0.15) is 296 Å². The smallest absolute Gasteiger partial charge is 0.234 e. The van der Waals surface area contributed by atoms with Crippen molar-refractivity contribution < 1.29 is 4.57 Å². The molecular formula is C51H101N2+. The highest BCUT2D eigenvalue weighted by Gasteiger charge is 2.16. The second-order valence-corrected chi connectivity index (χ2v) is 17.6. The number of hydrogen-bond acceptors (Lipinski definition) is 0.